The molecule has 0 bridgehead atoms. The van der Waals surface area contributed by atoms with Gasteiger partial charge in [0, 0.05) is 16.0 Å². The number of carboxylic acids is 1. The third-order valence-corrected chi connectivity index (χ3v) is 4.24. The number of aromatic nitrogens is 3. The maximum Gasteiger partial charge on any atom is 0.275 e. The second kappa shape index (κ2) is 6.69. The highest BCUT2D eigenvalue weighted by Gasteiger charge is 2.14. The minimum Gasteiger partial charge on any atom is -0.543 e. The molecule has 0 aliphatic heterocycles. The van der Waals surface area contributed by atoms with Crippen molar-refractivity contribution in [2.45, 2.75) is 6.54 Å². The van der Waals surface area contributed by atoms with E-state index in [1.807, 2.05) is 6.07 Å². The number of carbonyl (C=O) groups excluding carboxylic acids is 1. The van der Waals surface area contributed by atoms with Crippen molar-refractivity contribution >= 4 is 28.3 Å². The fraction of sp³-hybridized carbons (Fsp3) is 0.0526. The number of hydrogen-bond acceptors (Lipinski definition) is 6. The van der Waals surface area contributed by atoms with Gasteiger partial charge in [-0.15, -0.1) is 0 Å². The predicted octanol–water partition coefficient (Wildman–Crippen LogP) is 2.12. The average Bonchev–Trinajstić information content (AvgIpc) is 3.12. The van der Waals surface area contributed by atoms with Gasteiger partial charge in [-0.05, 0) is 18.2 Å². The molecule has 0 saturated carbocycles. The van der Waals surface area contributed by atoms with Crippen LogP contribution in [-0.4, -0.2) is 20.7 Å². The van der Waals surface area contributed by atoms with Gasteiger partial charge in [0.05, 0.1) is 17.6 Å². The van der Waals surface area contributed by atoms with Crippen molar-refractivity contribution in [3.63, 3.8) is 0 Å². The van der Waals surface area contributed by atoms with E-state index in [1.165, 1.54) is 18.3 Å². The number of rotatable bonds is 4. The van der Waals surface area contributed by atoms with Crippen LogP contribution in [0.4, 0.5) is 0 Å². The number of oxazole rings is 1. The van der Waals surface area contributed by atoms with E-state index in [0.717, 1.165) is 10.2 Å². The van der Waals surface area contributed by atoms with Gasteiger partial charge in [0.25, 0.3) is 5.56 Å². The summed E-state index contributed by atoms with van der Waals surface area (Å²) in [5, 5.41) is 16.3. The van der Waals surface area contributed by atoms with Gasteiger partial charge in [-0.2, -0.15) is 5.10 Å². The van der Waals surface area contributed by atoms with Crippen LogP contribution in [0.1, 0.15) is 16.4 Å². The van der Waals surface area contributed by atoms with Crippen LogP contribution >= 0.6 is 11.6 Å². The summed E-state index contributed by atoms with van der Waals surface area (Å²) in [5.41, 5.74) is -0.0274. The number of halogens is 1. The van der Waals surface area contributed by atoms with Gasteiger partial charge in [0.1, 0.15) is 12.2 Å². The first-order valence-electron chi connectivity index (χ1n) is 7.95. The van der Waals surface area contributed by atoms with E-state index < -0.39 is 11.5 Å². The molecule has 27 heavy (non-hydrogen) atoms. The highest BCUT2D eigenvalue weighted by molar-refractivity contribution is 6.30. The van der Waals surface area contributed by atoms with Crippen molar-refractivity contribution in [2.24, 2.45) is 0 Å². The first-order chi connectivity index (χ1) is 13.0. The van der Waals surface area contributed by atoms with Gasteiger partial charge in [0.2, 0.25) is 5.89 Å². The fourth-order valence-electron chi connectivity index (χ4n) is 2.78. The normalized spacial score (nSPS) is 11.0. The minimum absolute atomic E-state index is 0.121. The van der Waals surface area contributed by atoms with Crippen LogP contribution in [0.2, 0.25) is 5.02 Å². The summed E-state index contributed by atoms with van der Waals surface area (Å²) in [5.74, 6) is -0.785. The van der Waals surface area contributed by atoms with E-state index in [0.29, 0.717) is 10.8 Å². The Hall–Kier alpha value is -3.45. The van der Waals surface area contributed by atoms with Crippen LogP contribution < -0.4 is 10.7 Å². The van der Waals surface area contributed by atoms with Crippen LogP contribution in [-0.2, 0) is 6.54 Å². The first kappa shape index (κ1) is 17.0. The largest absolute Gasteiger partial charge is 0.543 e. The summed E-state index contributed by atoms with van der Waals surface area (Å²) in [6.45, 7) is -0.121. The number of fused-ring (bicyclic) bond motifs is 1. The second-order valence-electron chi connectivity index (χ2n) is 5.77. The lowest BCUT2D eigenvalue weighted by molar-refractivity contribution is -0.255. The molecule has 2 heterocycles. The molecule has 0 spiro atoms. The Balaban J connectivity index is 1.75. The fourth-order valence-corrected chi connectivity index (χ4v) is 2.97. The summed E-state index contributed by atoms with van der Waals surface area (Å²) in [4.78, 5) is 28.2. The standard InChI is InChI=1S/C19H12ClN3O4/c20-12-5-3-4-11(8-12)15-9-21-16(27-15)10-23-18(24)14-7-2-1-6-13(14)17(22-23)19(25)26/h1-9H,10H2,(H,25,26)/p-1. The minimum atomic E-state index is -1.47. The van der Waals surface area contributed by atoms with Crippen molar-refractivity contribution in [1.82, 2.24) is 14.8 Å². The van der Waals surface area contributed by atoms with Crippen LogP contribution in [0, 0.1) is 0 Å². The maximum atomic E-state index is 12.6. The summed E-state index contributed by atoms with van der Waals surface area (Å²) < 4.78 is 6.66. The van der Waals surface area contributed by atoms with Gasteiger partial charge < -0.3 is 14.3 Å². The van der Waals surface area contributed by atoms with Crippen molar-refractivity contribution in [1.29, 1.82) is 0 Å². The molecule has 134 valence electrons. The predicted molar refractivity (Wildman–Crippen MR) is 96.4 cm³/mol. The van der Waals surface area contributed by atoms with E-state index in [2.05, 4.69) is 10.1 Å². The van der Waals surface area contributed by atoms with E-state index in [1.54, 1.807) is 30.3 Å². The number of hydrogen-bond donors (Lipinski definition) is 0. The Morgan fingerprint density at radius 2 is 1.93 bits per heavy atom. The summed E-state index contributed by atoms with van der Waals surface area (Å²) in [7, 11) is 0. The van der Waals surface area contributed by atoms with Crippen molar-refractivity contribution < 1.29 is 14.3 Å². The lowest BCUT2D eigenvalue weighted by Crippen LogP contribution is -2.31. The zero-order chi connectivity index (χ0) is 19.0. The quantitative estimate of drug-likeness (QED) is 0.537. The Morgan fingerprint density at radius 3 is 2.67 bits per heavy atom. The lowest BCUT2D eigenvalue weighted by atomic mass is 10.1. The SMILES string of the molecule is O=C([O-])c1nn(Cc2ncc(-c3cccc(Cl)c3)o2)c(=O)c2ccccc12. The van der Waals surface area contributed by atoms with Crippen molar-refractivity contribution in [3.05, 3.63) is 81.7 Å². The summed E-state index contributed by atoms with van der Waals surface area (Å²) >= 11 is 5.98. The van der Waals surface area contributed by atoms with Crippen molar-refractivity contribution in [2.75, 3.05) is 0 Å². The van der Waals surface area contributed by atoms with Crippen LogP contribution in [0.5, 0.6) is 0 Å². The average molecular weight is 381 g/mol. The molecule has 0 atom stereocenters. The van der Waals surface area contributed by atoms with Gasteiger partial charge in [0.15, 0.2) is 5.76 Å². The van der Waals surface area contributed by atoms with Gasteiger partial charge in [-0.25, -0.2) is 9.67 Å². The van der Waals surface area contributed by atoms with E-state index in [-0.39, 0.29) is 28.9 Å². The Bertz CT molecular complexity index is 1230. The zero-order valence-electron chi connectivity index (χ0n) is 13.8. The summed E-state index contributed by atoms with van der Waals surface area (Å²) in [6.07, 6.45) is 1.51. The Labute approximate surface area is 157 Å². The molecule has 4 rings (SSSR count). The topological polar surface area (TPSA) is 101 Å². The summed E-state index contributed by atoms with van der Waals surface area (Å²) in [6, 6.07) is 13.4. The first-order valence-corrected chi connectivity index (χ1v) is 8.32. The third kappa shape index (κ3) is 3.20. The van der Waals surface area contributed by atoms with Crippen molar-refractivity contribution in [3.8, 4) is 11.3 Å². The maximum absolute atomic E-state index is 12.6. The highest BCUT2D eigenvalue weighted by Crippen LogP contribution is 2.23. The molecule has 0 radical (unpaired) electrons. The molecule has 0 aliphatic carbocycles. The molecular formula is C19H11ClN3O4-. The monoisotopic (exact) mass is 380 g/mol. The molecule has 2 aromatic heterocycles. The molecule has 7 nitrogen and oxygen atoms in total. The van der Waals surface area contributed by atoms with E-state index >= 15 is 0 Å². The number of aromatic carboxylic acids is 1. The molecule has 2 aromatic carbocycles. The number of nitrogens with zero attached hydrogens (tertiary/aromatic N) is 3. The second-order valence-corrected chi connectivity index (χ2v) is 6.21. The highest BCUT2D eigenvalue weighted by atomic mass is 35.5. The van der Waals surface area contributed by atoms with Crippen LogP contribution in [0.25, 0.3) is 22.1 Å². The zero-order valence-corrected chi connectivity index (χ0v) is 14.5. The van der Waals surface area contributed by atoms with E-state index in [4.69, 9.17) is 16.0 Å². The molecule has 0 amide bonds. The number of carboxylic acid groups (broad SMARTS) is 1. The third-order valence-electron chi connectivity index (χ3n) is 4.01. The number of carbonyl (C=O) groups is 1. The molecule has 0 N–H and O–H groups in total. The van der Waals surface area contributed by atoms with Gasteiger partial charge in [-0.1, -0.05) is 41.9 Å². The molecule has 0 aliphatic rings. The van der Waals surface area contributed by atoms with Gasteiger partial charge >= 0.3 is 0 Å². The molecule has 4 aromatic rings. The molecule has 8 heteroatoms. The van der Waals surface area contributed by atoms with Gasteiger partial charge in [-0.3, -0.25) is 4.79 Å². The Morgan fingerprint density at radius 1 is 1.15 bits per heavy atom. The van der Waals surface area contributed by atoms with Crippen LogP contribution in [0.3, 0.4) is 0 Å². The lowest BCUT2D eigenvalue weighted by Gasteiger charge is -2.10. The van der Waals surface area contributed by atoms with Crippen LogP contribution in [0.15, 0.2) is 63.9 Å². The molecule has 0 fully saturated rings. The molecular weight excluding hydrogens is 370 g/mol. The van der Waals surface area contributed by atoms with E-state index in [9.17, 15) is 14.7 Å². The molecule has 0 saturated heterocycles. The Kier molecular flexibility index (Phi) is 4.21. The molecule has 0 unspecified atom stereocenters. The number of benzene rings is 2. The smallest absolute Gasteiger partial charge is 0.275 e.